The summed E-state index contributed by atoms with van der Waals surface area (Å²) in [6, 6.07) is 13.0. The van der Waals surface area contributed by atoms with E-state index in [2.05, 4.69) is 16.1 Å². The van der Waals surface area contributed by atoms with Crippen LogP contribution in [0.25, 0.3) is 0 Å². The Morgan fingerprint density at radius 1 is 1.09 bits per heavy atom. The first-order chi connectivity index (χ1) is 10.4. The van der Waals surface area contributed by atoms with E-state index in [1.165, 1.54) is 24.3 Å². The molecule has 0 heterocycles. The lowest BCUT2D eigenvalue weighted by atomic mass is 10.2. The summed E-state index contributed by atoms with van der Waals surface area (Å²) in [7, 11) is 0. The second-order valence-electron chi connectivity index (χ2n) is 4.54. The first-order valence-corrected chi connectivity index (χ1v) is 6.42. The third kappa shape index (κ3) is 5.47. The molecule has 22 heavy (non-hydrogen) atoms. The molecule has 0 amide bonds. The van der Waals surface area contributed by atoms with E-state index in [1.807, 2.05) is 31.2 Å². The van der Waals surface area contributed by atoms with Crippen molar-refractivity contribution >= 4 is 6.21 Å². The molecule has 0 saturated heterocycles. The van der Waals surface area contributed by atoms with Crippen LogP contribution in [0.15, 0.2) is 53.7 Å². The normalized spacial score (nSPS) is 11.6. The summed E-state index contributed by atoms with van der Waals surface area (Å²) in [6.45, 7) is 2.09. The van der Waals surface area contributed by atoms with Crippen molar-refractivity contribution in [2.75, 3.05) is 0 Å². The van der Waals surface area contributed by atoms with Gasteiger partial charge in [0.25, 0.3) is 0 Å². The number of benzene rings is 2. The predicted molar refractivity (Wildman–Crippen MR) is 75.6 cm³/mol. The third-order valence-electron chi connectivity index (χ3n) is 2.65. The summed E-state index contributed by atoms with van der Waals surface area (Å²) in [5.41, 5.74) is 2.54. The van der Waals surface area contributed by atoms with Gasteiger partial charge >= 0.3 is 6.36 Å². The number of halogens is 3. The van der Waals surface area contributed by atoms with Gasteiger partial charge in [-0.05, 0) is 30.7 Å². The highest BCUT2D eigenvalue weighted by Gasteiger charge is 2.30. The number of hydrogen-bond donors (Lipinski definition) is 0. The highest BCUT2D eigenvalue weighted by Crippen LogP contribution is 2.22. The molecule has 115 valence electrons. The van der Waals surface area contributed by atoms with Crippen LogP contribution < -0.4 is 4.74 Å². The van der Waals surface area contributed by atoms with E-state index in [-0.39, 0.29) is 12.4 Å². The van der Waals surface area contributed by atoms with Gasteiger partial charge in [0.05, 0.1) is 0 Å². The van der Waals surface area contributed by atoms with E-state index < -0.39 is 6.36 Å². The zero-order valence-electron chi connectivity index (χ0n) is 11.7. The van der Waals surface area contributed by atoms with Crippen LogP contribution in [0.2, 0.25) is 0 Å². The maximum absolute atomic E-state index is 12.0. The van der Waals surface area contributed by atoms with Crippen LogP contribution >= 0.6 is 0 Å². The molecular formula is C16H13F3NO2. The van der Waals surface area contributed by atoms with Crippen LogP contribution in [0.1, 0.15) is 16.7 Å². The first kappa shape index (κ1) is 15.9. The molecule has 0 aliphatic carbocycles. The van der Waals surface area contributed by atoms with Gasteiger partial charge in [0.15, 0.2) is 0 Å². The molecule has 0 unspecified atom stereocenters. The summed E-state index contributed by atoms with van der Waals surface area (Å²) >= 11 is 0. The summed E-state index contributed by atoms with van der Waals surface area (Å²) < 4.78 is 39.8. The van der Waals surface area contributed by atoms with Crippen molar-refractivity contribution < 1.29 is 22.7 Å². The molecule has 0 spiro atoms. The Bertz CT molecular complexity index is 637. The van der Waals surface area contributed by atoms with Crippen molar-refractivity contribution in [1.82, 2.24) is 0 Å². The minimum atomic E-state index is -4.69. The molecule has 0 saturated carbocycles. The zero-order chi connectivity index (χ0) is 16.0. The topological polar surface area (TPSA) is 30.8 Å². The Morgan fingerprint density at radius 3 is 2.45 bits per heavy atom. The molecule has 0 bridgehead atoms. The van der Waals surface area contributed by atoms with Gasteiger partial charge in [0.1, 0.15) is 18.6 Å². The van der Waals surface area contributed by atoms with Crippen molar-refractivity contribution in [2.24, 2.45) is 5.16 Å². The molecule has 0 aromatic heterocycles. The lowest BCUT2D eigenvalue weighted by Crippen LogP contribution is -2.17. The predicted octanol–water partition coefficient (Wildman–Crippen LogP) is 4.32. The highest BCUT2D eigenvalue weighted by atomic mass is 19.4. The molecule has 0 aliphatic rings. The van der Waals surface area contributed by atoms with E-state index in [9.17, 15) is 13.2 Å². The Balaban J connectivity index is 1.84. The molecule has 2 aromatic carbocycles. The maximum Gasteiger partial charge on any atom is 0.573 e. The number of aryl methyl sites for hydroxylation is 1. The highest BCUT2D eigenvalue weighted by molar-refractivity contribution is 5.79. The summed E-state index contributed by atoms with van der Waals surface area (Å²) in [4.78, 5) is 5.06. The average Bonchev–Trinajstić information content (AvgIpc) is 2.44. The molecular weight excluding hydrogens is 295 g/mol. The SMILES string of the molecule is Cc1cccc(/[C]=N\OCc2ccc(OC(F)(F)F)cc2)c1. The fraction of sp³-hybridized carbons (Fsp3) is 0.188. The lowest BCUT2D eigenvalue weighted by molar-refractivity contribution is -0.274. The monoisotopic (exact) mass is 308 g/mol. The Hall–Kier alpha value is -2.50. The standard InChI is InChI=1S/C16H13F3NO2/c1-12-3-2-4-14(9-12)10-20-21-11-13-5-7-15(8-6-13)22-16(17,18)19/h2-9H,11H2,1H3. The number of nitrogens with zero attached hydrogens (tertiary/aromatic N) is 1. The van der Waals surface area contributed by atoms with E-state index in [4.69, 9.17) is 4.84 Å². The minimum Gasteiger partial charge on any atom is -0.406 e. The van der Waals surface area contributed by atoms with Gasteiger partial charge in [-0.15, -0.1) is 13.2 Å². The molecule has 0 atom stereocenters. The number of alkyl halides is 3. The molecule has 0 fully saturated rings. The fourth-order valence-corrected chi connectivity index (χ4v) is 1.69. The van der Waals surface area contributed by atoms with Crippen molar-refractivity contribution in [3.63, 3.8) is 0 Å². The van der Waals surface area contributed by atoms with Gasteiger partial charge in [-0.25, -0.2) is 0 Å². The Labute approximate surface area is 126 Å². The molecule has 3 nitrogen and oxygen atoms in total. The smallest absolute Gasteiger partial charge is 0.406 e. The fourth-order valence-electron chi connectivity index (χ4n) is 1.69. The van der Waals surface area contributed by atoms with Gasteiger partial charge in [0, 0.05) is 5.56 Å². The van der Waals surface area contributed by atoms with Crippen LogP contribution in [0.4, 0.5) is 13.2 Å². The van der Waals surface area contributed by atoms with Crippen molar-refractivity contribution in [2.45, 2.75) is 19.9 Å². The van der Waals surface area contributed by atoms with Gasteiger partial charge < -0.3 is 9.57 Å². The largest absolute Gasteiger partial charge is 0.573 e. The average molecular weight is 308 g/mol. The molecule has 1 radical (unpaired) electrons. The van der Waals surface area contributed by atoms with Crippen molar-refractivity contribution in [3.8, 4) is 5.75 Å². The van der Waals surface area contributed by atoms with Crippen molar-refractivity contribution in [3.05, 3.63) is 65.2 Å². The van der Waals surface area contributed by atoms with Gasteiger partial charge in [-0.3, -0.25) is 0 Å². The van der Waals surface area contributed by atoms with E-state index in [1.54, 1.807) is 0 Å². The van der Waals surface area contributed by atoms with Crippen LogP contribution in [0, 0.1) is 6.92 Å². The second-order valence-corrected chi connectivity index (χ2v) is 4.54. The van der Waals surface area contributed by atoms with Crippen LogP contribution in [-0.2, 0) is 11.4 Å². The summed E-state index contributed by atoms with van der Waals surface area (Å²) in [5.74, 6) is -0.272. The van der Waals surface area contributed by atoms with E-state index >= 15 is 0 Å². The number of rotatable bonds is 5. The quantitative estimate of drug-likeness (QED) is 0.608. The molecule has 2 aromatic rings. The molecule has 0 aliphatic heterocycles. The summed E-state index contributed by atoms with van der Waals surface area (Å²) in [5, 5.41) is 3.70. The zero-order valence-corrected chi connectivity index (χ0v) is 11.7. The Kier molecular flexibility index (Phi) is 5.04. The number of ether oxygens (including phenoxy) is 1. The lowest BCUT2D eigenvalue weighted by Gasteiger charge is -2.08. The number of hydrogen-bond acceptors (Lipinski definition) is 3. The molecule has 0 N–H and O–H groups in total. The van der Waals surface area contributed by atoms with Crippen LogP contribution in [0.5, 0.6) is 5.75 Å². The van der Waals surface area contributed by atoms with E-state index in [0.717, 1.165) is 11.1 Å². The van der Waals surface area contributed by atoms with Gasteiger partial charge in [0.2, 0.25) is 0 Å². The molecule has 6 heteroatoms. The van der Waals surface area contributed by atoms with Crippen LogP contribution in [-0.4, -0.2) is 12.6 Å². The first-order valence-electron chi connectivity index (χ1n) is 6.42. The van der Waals surface area contributed by atoms with Crippen molar-refractivity contribution in [1.29, 1.82) is 0 Å². The Morgan fingerprint density at radius 2 is 1.82 bits per heavy atom. The van der Waals surface area contributed by atoms with Gasteiger partial charge in [-0.1, -0.05) is 41.1 Å². The van der Waals surface area contributed by atoms with E-state index in [0.29, 0.717) is 5.56 Å². The minimum absolute atomic E-state index is 0.130. The summed E-state index contributed by atoms with van der Waals surface area (Å²) in [6.07, 6.45) is -1.96. The maximum atomic E-state index is 12.0. The molecule has 2 rings (SSSR count). The second kappa shape index (κ2) is 6.98. The van der Waals surface area contributed by atoms with Crippen LogP contribution in [0.3, 0.4) is 0 Å². The third-order valence-corrected chi connectivity index (χ3v) is 2.65. The van der Waals surface area contributed by atoms with Gasteiger partial charge in [-0.2, -0.15) is 0 Å².